The van der Waals surface area contributed by atoms with Crippen LogP contribution < -0.4 is 0 Å². The van der Waals surface area contributed by atoms with Gasteiger partial charge in [0.2, 0.25) is 0 Å². The summed E-state index contributed by atoms with van der Waals surface area (Å²) in [5.74, 6) is -6.15. The SMILES string of the molecule is C=C(O)C(=O)OCCCCc1c(C(=O)O)ccc(C(=O)O)c1C(=O)O. The minimum atomic E-state index is -1.54. The minimum Gasteiger partial charge on any atom is -0.502 e. The molecule has 25 heavy (non-hydrogen) atoms. The van der Waals surface area contributed by atoms with Crippen LogP contribution in [0.1, 0.15) is 49.5 Å². The van der Waals surface area contributed by atoms with E-state index < -0.39 is 40.8 Å². The van der Waals surface area contributed by atoms with Crippen molar-refractivity contribution in [3.63, 3.8) is 0 Å². The zero-order chi connectivity index (χ0) is 19.1. The van der Waals surface area contributed by atoms with Crippen molar-refractivity contribution >= 4 is 23.9 Å². The van der Waals surface area contributed by atoms with Gasteiger partial charge in [-0.15, -0.1) is 0 Å². The average Bonchev–Trinajstić information content (AvgIpc) is 2.52. The summed E-state index contributed by atoms with van der Waals surface area (Å²) in [7, 11) is 0. The lowest BCUT2D eigenvalue weighted by molar-refractivity contribution is -0.142. The molecule has 0 atom stereocenters. The molecule has 0 saturated carbocycles. The highest BCUT2D eigenvalue weighted by atomic mass is 16.5. The first-order valence-electron chi connectivity index (χ1n) is 7.07. The number of aliphatic hydroxyl groups is 1. The number of carboxylic acid groups (broad SMARTS) is 3. The summed E-state index contributed by atoms with van der Waals surface area (Å²) in [5, 5.41) is 36.3. The highest BCUT2D eigenvalue weighted by Gasteiger charge is 2.24. The Bertz CT molecular complexity index is 733. The summed E-state index contributed by atoms with van der Waals surface area (Å²) >= 11 is 0. The summed E-state index contributed by atoms with van der Waals surface area (Å²) in [6.07, 6.45) is 0.436. The predicted molar refractivity (Wildman–Crippen MR) is 83.0 cm³/mol. The quantitative estimate of drug-likeness (QED) is 0.224. The molecular formula is C16H16O9. The zero-order valence-corrected chi connectivity index (χ0v) is 13.0. The number of hydrogen-bond donors (Lipinski definition) is 4. The number of aliphatic hydroxyl groups excluding tert-OH is 1. The summed E-state index contributed by atoms with van der Waals surface area (Å²) in [6, 6.07) is 1.98. The van der Waals surface area contributed by atoms with E-state index >= 15 is 0 Å². The van der Waals surface area contributed by atoms with Gasteiger partial charge < -0.3 is 25.2 Å². The fourth-order valence-corrected chi connectivity index (χ4v) is 2.18. The molecule has 0 bridgehead atoms. The second-order valence-corrected chi connectivity index (χ2v) is 4.97. The Kier molecular flexibility index (Phi) is 6.68. The molecule has 4 N–H and O–H groups in total. The van der Waals surface area contributed by atoms with Crippen LogP contribution in [0, 0.1) is 0 Å². The van der Waals surface area contributed by atoms with E-state index in [-0.39, 0.29) is 37.0 Å². The topological polar surface area (TPSA) is 158 Å². The van der Waals surface area contributed by atoms with Crippen LogP contribution in [0.2, 0.25) is 0 Å². The van der Waals surface area contributed by atoms with Crippen LogP contribution >= 0.6 is 0 Å². The summed E-state index contributed by atoms with van der Waals surface area (Å²) < 4.78 is 4.64. The fourth-order valence-electron chi connectivity index (χ4n) is 2.18. The number of hydrogen-bond acceptors (Lipinski definition) is 6. The number of benzene rings is 1. The number of aromatic carboxylic acids is 3. The molecule has 0 amide bonds. The van der Waals surface area contributed by atoms with E-state index in [0.717, 1.165) is 12.1 Å². The number of carbonyl (C=O) groups excluding carboxylic acids is 1. The molecule has 134 valence electrons. The van der Waals surface area contributed by atoms with Gasteiger partial charge in [0.25, 0.3) is 0 Å². The van der Waals surface area contributed by atoms with E-state index in [9.17, 15) is 29.4 Å². The Morgan fingerprint density at radius 1 is 0.880 bits per heavy atom. The molecule has 0 radical (unpaired) electrons. The molecule has 0 aliphatic carbocycles. The Balaban J connectivity index is 2.99. The van der Waals surface area contributed by atoms with Gasteiger partial charge >= 0.3 is 23.9 Å². The van der Waals surface area contributed by atoms with Crippen molar-refractivity contribution in [1.29, 1.82) is 0 Å². The largest absolute Gasteiger partial charge is 0.502 e. The molecule has 9 heteroatoms. The zero-order valence-electron chi connectivity index (χ0n) is 13.0. The molecule has 9 nitrogen and oxygen atoms in total. The molecule has 0 saturated heterocycles. The van der Waals surface area contributed by atoms with Crippen LogP contribution in [0.5, 0.6) is 0 Å². The lowest BCUT2D eigenvalue weighted by atomic mass is 9.92. The maximum absolute atomic E-state index is 11.4. The molecule has 0 fully saturated rings. The highest BCUT2D eigenvalue weighted by Crippen LogP contribution is 2.22. The van der Waals surface area contributed by atoms with Gasteiger partial charge in [-0.3, -0.25) is 0 Å². The average molecular weight is 352 g/mol. The normalized spacial score (nSPS) is 10.1. The summed E-state index contributed by atoms with van der Waals surface area (Å²) in [4.78, 5) is 44.9. The van der Waals surface area contributed by atoms with E-state index in [4.69, 9.17) is 10.2 Å². The first-order chi connectivity index (χ1) is 11.7. The molecule has 0 aromatic heterocycles. The third kappa shape index (κ3) is 5.06. The number of rotatable bonds is 9. The van der Waals surface area contributed by atoms with Gasteiger partial charge in [0.15, 0.2) is 5.76 Å². The number of carboxylic acids is 3. The van der Waals surface area contributed by atoms with E-state index in [2.05, 4.69) is 11.3 Å². The van der Waals surface area contributed by atoms with Gasteiger partial charge in [-0.05, 0) is 43.5 Å². The fraction of sp³-hybridized carbons (Fsp3) is 0.250. The Morgan fingerprint density at radius 2 is 1.44 bits per heavy atom. The van der Waals surface area contributed by atoms with E-state index in [1.165, 1.54) is 0 Å². The van der Waals surface area contributed by atoms with Crippen molar-refractivity contribution in [2.24, 2.45) is 0 Å². The maximum atomic E-state index is 11.4. The third-order valence-electron chi connectivity index (χ3n) is 3.28. The van der Waals surface area contributed by atoms with Crippen molar-refractivity contribution in [3.05, 3.63) is 46.7 Å². The molecule has 0 heterocycles. The number of unbranched alkanes of at least 4 members (excludes halogenated alkanes) is 1. The number of carbonyl (C=O) groups is 4. The Morgan fingerprint density at radius 3 is 1.92 bits per heavy atom. The van der Waals surface area contributed by atoms with Gasteiger partial charge in [-0.2, -0.15) is 0 Å². The van der Waals surface area contributed by atoms with E-state index in [1.54, 1.807) is 0 Å². The molecule has 0 spiro atoms. The van der Waals surface area contributed by atoms with Crippen LogP contribution in [0.3, 0.4) is 0 Å². The lowest BCUT2D eigenvalue weighted by Gasteiger charge is -2.12. The van der Waals surface area contributed by atoms with Crippen LogP contribution in [-0.2, 0) is 16.0 Å². The van der Waals surface area contributed by atoms with Crippen LogP contribution in [-0.4, -0.2) is 50.9 Å². The van der Waals surface area contributed by atoms with Crippen LogP contribution in [0.25, 0.3) is 0 Å². The van der Waals surface area contributed by atoms with Crippen LogP contribution in [0.4, 0.5) is 0 Å². The van der Waals surface area contributed by atoms with E-state index in [0.29, 0.717) is 0 Å². The van der Waals surface area contributed by atoms with Gasteiger partial charge in [0, 0.05) is 0 Å². The maximum Gasteiger partial charge on any atom is 0.372 e. The van der Waals surface area contributed by atoms with Crippen molar-refractivity contribution in [2.75, 3.05) is 6.61 Å². The van der Waals surface area contributed by atoms with Crippen molar-refractivity contribution in [3.8, 4) is 0 Å². The summed E-state index contributed by atoms with van der Waals surface area (Å²) in [6.45, 7) is 2.89. The van der Waals surface area contributed by atoms with Gasteiger partial charge in [0.05, 0.1) is 23.3 Å². The Labute approximate surface area is 141 Å². The molecule has 1 aromatic rings. The summed E-state index contributed by atoms with van der Waals surface area (Å²) in [5.41, 5.74) is -1.50. The molecule has 0 aliphatic heterocycles. The van der Waals surface area contributed by atoms with Crippen molar-refractivity contribution in [2.45, 2.75) is 19.3 Å². The van der Waals surface area contributed by atoms with E-state index in [1.807, 2.05) is 0 Å². The highest BCUT2D eigenvalue weighted by molar-refractivity contribution is 6.05. The third-order valence-corrected chi connectivity index (χ3v) is 3.28. The van der Waals surface area contributed by atoms with Gasteiger partial charge in [-0.1, -0.05) is 0 Å². The minimum absolute atomic E-state index is 0.0397. The second kappa shape index (κ2) is 8.48. The Hall–Kier alpha value is -3.36. The molecule has 1 rings (SSSR count). The van der Waals surface area contributed by atoms with Crippen molar-refractivity contribution in [1.82, 2.24) is 0 Å². The molecule has 1 aromatic carbocycles. The van der Waals surface area contributed by atoms with Crippen LogP contribution in [0.15, 0.2) is 24.5 Å². The first kappa shape index (κ1) is 19.7. The monoisotopic (exact) mass is 352 g/mol. The van der Waals surface area contributed by atoms with Gasteiger partial charge in [0.1, 0.15) is 0 Å². The van der Waals surface area contributed by atoms with Gasteiger partial charge in [-0.25, -0.2) is 19.2 Å². The predicted octanol–water partition coefficient (Wildman–Crippen LogP) is 1.72. The second-order valence-electron chi connectivity index (χ2n) is 4.97. The number of esters is 1. The smallest absolute Gasteiger partial charge is 0.372 e. The standard InChI is InChI=1S/C16H16O9/c1-8(17)16(24)25-7-3-2-4-9-10(13(18)19)5-6-11(14(20)21)12(9)15(22)23/h5-6,17H,1-4,7H2,(H,18,19)(H,20,21)(H,22,23). The molecule has 0 unspecified atom stereocenters. The number of ether oxygens (including phenoxy) is 1. The lowest BCUT2D eigenvalue weighted by Crippen LogP contribution is -2.16. The molecule has 0 aliphatic rings. The van der Waals surface area contributed by atoms with Crippen molar-refractivity contribution < 1.29 is 44.3 Å². The first-order valence-corrected chi connectivity index (χ1v) is 7.07. The molecular weight excluding hydrogens is 336 g/mol.